The van der Waals surface area contributed by atoms with Crippen LogP contribution in [-0.2, 0) is 10.2 Å². The van der Waals surface area contributed by atoms with Crippen LogP contribution < -0.4 is 10.2 Å². The molecule has 1 N–H and O–H groups in total. The third-order valence-corrected chi connectivity index (χ3v) is 6.43. The third kappa shape index (κ3) is 2.36. The second-order valence-electron chi connectivity index (χ2n) is 8.03. The van der Waals surface area contributed by atoms with E-state index < -0.39 is 5.41 Å². The molecule has 0 radical (unpaired) electrons. The molecule has 3 aromatic rings. The van der Waals surface area contributed by atoms with E-state index in [9.17, 15) is 4.79 Å². The van der Waals surface area contributed by atoms with Crippen LogP contribution in [0.4, 0.5) is 5.69 Å². The third-order valence-electron chi connectivity index (χ3n) is 6.43. The van der Waals surface area contributed by atoms with Gasteiger partial charge in [0.1, 0.15) is 0 Å². The first-order valence-corrected chi connectivity index (χ1v) is 9.86. The van der Waals surface area contributed by atoms with Gasteiger partial charge in [0.2, 0.25) is 5.91 Å². The van der Waals surface area contributed by atoms with Crippen LogP contribution in [0.3, 0.4) is 0 Å². The highest BCUT2D eigenvalue weighted by Crippen LogP contribution is 2.56. The maximum Gasteiger partial charge on any atom is 0.239 e. The second kappa shape index (κ2) is 6.32. The molecule has 140 valence electrons. The Morgan fingerprint density at radius 3 is 2.32 bits per heavy atom. The minimum absolute atomic E-state index is 0.0568. The van der Waals surface area contributed by atoms with Crippen molar-refractivity contribution in [3.05, 3.63) is 101 Å². The summed E-state index contributed by atoms with van der Waals surface area (Å²) >= 11 is 0. The molecule has 28 heavy (non-hydrogen) atoms. The predicted octanol–water partition coefficient (Wildman–Crippen LogP) is 4.69. The maximum absolute atomic E-state index is 13.7. The lowest BCUT2D eigenvalue weighted by atomic mass is 9.72. The molecule has 0 saturated carbocycles. The Morgan fingerprint density at radius 2 is 1.57 bits per heavy atom. The Bertz CT molecular complexity index is 1030. The molecule has 3 aromatic carbocycles. The van der Waals surface area contributed by atoms with E-state index in [-0.39, 0.29) is 18.0 Å². The zero-order valence-electron chi connectivity index (χ0n) is 16.2. The van der Waals surface area contributed by atoms with Crippen molar-refractivity contribution in [3.63, 3.8) is 0 Å². The van der Waals surface area contributed by atoms with Gasteiger partial charge in [0.15, 0.2) is 0 Å². The number of benzene rings is 3. The topological polar surface area (TPSA) is 32.3 Å². The zero-order chi connectivity index (χ0) is 19.3. The molecule has 3 atom stereocenters. The van der Waals surface area contributed by atoms with Gasteiger partial charge in [-0.3, -0.25) is 4.79 Å². The summed E-state index contributed by atoms with van der Waals surface area (Å²) in [6.07, 6.45) is 0.760. The van der Waals surface area contributed by atoms with Gasteiger partial charge in [-0.25, -0.2) is 0 Å². The van der Waals surface area contributed by atoms with Crippen molar-refractivity contribution in [3.8, 4) is 0 Å². The average Bonchev–Trinajstić information content (AvgIpc) is 3.23. The largest absolute Gasteiger partial charge is 0.314 e. The van der Waals surface area contributed by atoms with Crippen LogP contribution in [0.25, 0.3) is 0 Å². The van der Waals surface area contributed by atoms with Gasteiger partial charge in [0.05, 0.1) is 11.5 Å². The first-order chi connectivity index (χ1) is 13.6. The molecule has 1 spiro atoms. The van der Waals surface area contributed by atoms with Crippen LogP contribution in [0, 0.1) is 6.92 Å². The Labute approximate surface area is 166 Å². The van der Waals surface area contributed by atoms with Crippen LogP contribution >= 0.6 is 0 Å². The summed E-state index contributed by atoms with van der Waals surface area (Å²) in [5, 5.41) is 3.82. The fourth-order valence-electron chi connectivity index (χ4n) is 5.02. The molecule has 0 aromatic heterocycles. The summed E-state index contributed by atoms with van der Waals surface area (Å²) < 4.78 is 0. The Kier molecular flexibility index (Phi) is 3.88. The van der Waals surface area contributed by atoms with E-state index >= 15 is 0 Å². The van der Waals surface area contributed by atoms with Crippen molar-refractivity contribution in [2.45, 2.75) is 30.8 Å². The summed E-state index contributed by atoms with van der Waals surface area (Å²) in [5.41, 5.74) is 5.23. The number of carbonyl (C=O) groups is 1. The standard InChI is InChI=1S/C25H24N2O/c1-17-12-14-18(15-13-17)21-16-25(23(26-21)19-8-4-3-5-9-19)20-10-6-7-11-22(20)27(2)24(25)28/h3-15,21,23,26H,16H2,1-2H3/t21-,23-,25+/m0/s1. The number of aryl methyl sites for hydroxylation is 1. The van der Waals surface area contributed by atoms with E-state index in [2.05, 4.69) is 72.9 Å². The van der Waals surface area contributed by atoms with Gasteiger partial charge >= 0.3 is 0 Å². The summed E-state index contributed by atoms with van der Waals surface area (Å²) in [5.74, 6) is 0.185. The highest BCUT2D eigenvalue weighted by Gasteiger charge is 2.59. The van der Waals surface area contributed by atoms with Crippen molar-refractivity contribution in [2.75, 3.05) is 11.9 Å². The van der Waals surface area contributed by atoms with Gasteiger partial charge in [-0.1, -0.05) is 78.4 Å². The minimum Gasteiger partial charge on any atom is -0.314 e. The van der Waals surface area contributed by atoms with Crippen molar-refractivity contribution in [1.82, 2.24) is 5.32 Å². The molecule has 0 bridgehead atoms. The number of para-hydroxylation sites is 1. The number of nitrogens with one attached hydrogen (secondary N) is 1. The van der Waals surface area contributed by atoms with Crippen LogP contribution in [-0.4, -0.2) is 13.0 Å². The SMILES string of the molecule is Cc1ccc([C@@H]2C[C@]3(C(=O)N(C)c4ccccc43)[C@H](c3ccccc3)N2)cc1. The molecule has 3 heteroatoms. The number of carbonyl (C=O) groups excluding carboxylic acids is 1. The van der Waals surface area contributed by atoms with Crippen molar-refractivity contribution >= 4 is 11.6 Å². The molecule has 5 rings (SSSR count). The van der Waals surface area contributed by atoms with Crippen LogP contribution in [0.5, 0.6) is 0 Å². The van der Waals surface area contributed by atoms with E-state index in [1.807, 2.05) is 30.1 Å². The van der Waals surface area contributed by atoms with E-state index in [0.717, 1.165) is 23.2 Å². The van der Waals surface area contributed by atoms with Crippen LogP contribution in [0.15, 0.2) is 78.9 Å². The molecule has 1 fully saturated rings. The fraction of sp³-hybridized carbons (Fsp3) is 0.240. The smallest absolute Gasteiger partial charge is 0.239 e. The highest BCUT2D eigenvalue weighted by atomic mass is 16.2. The Morgan fingerprint density at radius 1 is 0.893 bits per heavy atom. The van der Waals surface area contributed by atoms with Gasteiger partial charge in [-0.15, -0.1) is 0 Å². The summed E-state index contributed by atoms with van der Waals surface area (Å²) in [6.45, 7) is 2.10. The molecule has 0 aliphatic carbocycles. The van der Waals surface area contributed by atoms with Gasteiger partial charge < -0.3 is 10.2 Å². The van der Waals surface area contributed by atoms with Gasteiger partial charge in [-0.2, -0.15) is 0 Å². The molecule has 2 aliphatic heterocycles. The Balaban J connectivity index is 1.68. The lowest BCUT2D eigenvalue weighted by molar-refractivity contribution is -0.123. The van der Waals surface area contributed by atoms with Crippen molar-refractivity contribution in [2.24, 2.45) is 0 Å². The Hall–Kier alpha value is -2.91. The van der Waals surface area contributed by atoms with E-state index in [1.165, 1.54) is 11.1 Å². The maximum atomic E-state index is 13.7. The summed E-state index contributed by atoms with van der Waals surface area (Å²) in [6, 6.07) is 27.4. The zero-order valence-corrected chi connectivity index (χ0v) is 16.2. The van der Waals surface area contributed by atoms with Gasteiger partial charge in [0.25, 0.3) is 0 Å². The number of nitrogens with zero attached hydrogens (tertiary/aromatic N) is 1. The van der Waals surface area contributed by atoms with Crippen molar-refractivity contribution < 1.29 is 4.79 Å². The number of hydrogen-bond acceptors (Lipinski definition) is 2. The van der Waals surface area contributed by atoms with Crippen LogP contribution in [0.1, 0.15) is 40.8 Å². The molecule has 0 unspecified atom stereocenters. The molecule has 1 saturated heterocycles. The van der Waals surface area contributed by atoms with Gasteiger partial charge in [0, 0.05) is 18.8 Å². The van der Waals surface area contributed by atoms with E-state index in [0.29, 0.717) is 0 Å². The quantitative estimate of drug-likeness (QED) is 0.712. The molecule has 2 aliphatic rings. The molecule has 2 heterocycles. The fourth-order valence-corrected chi connectivity index (χ4v) is 5.02. The number of fused-ring (bicyclic) bond motifs is 2. The summed E-state index contributed by atoms with van der Waals surface area (Å²) in [4.78, 5) is 15.5. The number of rotatable bonds is 2. The monoisotopic (exact) mass is 368 g/mol. The molecular formula is C25H24N2O. The minimum atomic E-state index is -0.581. The normalized spacial score (nSPS) is 26.1. The first-order valence-electron chi connectivity index (χ1n) is 9.86. The number of anilines is 1. The predicted molar refractivity (Wildman–Crippen MR) is 112 cm³/mol. The van der Waals surface area contributed by atoms with Crippen LogP contribution in [0.2, 0.25) is 0 Å². The molecule has 3 nitrogen and oxygen atoms in total. The molecular weight excluding hydrogens is 344 g/mol. The van der Waals surface area contributed by atoms with E-state index in [4.69, 9.17) is 0 Å². The highest BCUT2D eigenvalue weighted by molar-refractivity contribution is 6.08. The number of likely N-dealkylation sites (N-methyl/N-ethyl adjacent to an activating group) is 1. The van der Waals surface area contributed by atoms with Crippen molar-refractivity contribution in [1.29, 1.82) is 0 Å². The molecule has 1 amide bonds. The van der Waals surface area contributed by atoms with E-state index in [1.54, 1.807) is 0 Å². The van der Waals surface area contributed by atoms with Gasteiger partial charge in [-0.05, 0) is 36.1 Å². The lowest BCUT2D eigenvalue weighted by Crippen LogP contribution is -2.42. The lowest BCUT2D eigenvalue weighted by Gasteiger charge is -2.30. The number of amides is 1. The average molecular weight is 368 g/mol. The number of hydrogen-bond donors (Lipinski definition) is 1. The summed E-state index contributed by atoms with van der Waals surface area (Å²) in [7, 11) is 1.90. The first kappa shape index (κ1) is 17.2. The second-order valence-corrected chi connectivity index (χ2v) is 8.03.